The zero-order valence-corrected chi connectivity index (χ0v) is 12.5. The third kappa shape index (κ3) is 2.56. The number of carbonyl (C=O) groups is 1. The van der Waals surface area contributed by atoms with Gasteiger partial charge in [0.2, 0.25) is 0 Å². The van der Waals surface area contributed by atoms with Crippen LogP contribution in [-0.4, -0.2) is 34.9 Å². The molecule has 1 amide bonds. The van der Waals surface area contributed by atoms with Crippen molar-refractivity contribution in [3.63, 3.8) is 0 Å². The SMILES string of the molecule is Cc1nc(C(=O)N2CC[C@H]2CN)c(-c2cccc(F)c2)s1. The van der Waals surface area contributed by atoms with Crippen LogP contribution in [0.2, 0.25) is 0 Å². The van der Waals surface area contributed by atoms with Crippen LogP contribution in [0.25, 0.3) is 10.4 Å². The number of carbonyl (C=O) groups excluding carboxylic acids is 1. The molecule has 1 aliphatic rings. The second kappa shape index (κ2) is 5.54. The lowest BCUT2D eigenvalue weighted by molar-refractivity contribution is 0.0477. The first-order valence-corrected chi connectivity index (χ1v) is 7.66. The van der Waals surface area contributed by atoms with Crippen LogP contribution in [-0.2, 0) is 0 Å². The van der Waals surface area contributed by atoms with E-state index in [1.807, 2.05) is 6.92 Å². The van der Waals surface area contributed by atoms with E-state index in [0.717, 1.165) is 16.3 Å². The Morgan fingerprint density at radius 3 is 3.00 bits per heavy atom. The molecule has 0 spiro atoms. The molecule has 1 atom stereocenters. The van der Waals surface area contributed by atoms with Crippen LogP contribution in [0, 0.1) is 12.7 Å². The number of thiazole rings is 1. The fourth-order valence-electron chi connectivity index (χ4n) is 2.49. The molecule has 6 heteroatoms. The van der Waals surface area contributed by atoms with E-state index in [1.54, 1.807) is 17.0 Å². The minimum atomic E-state index is -0.319. The Balaban J connectivity index is 1.98. The molecule has 0 aliphatic carbocycles. The molecule has 2 N–H and O–H groups in total. The van der Waals surface area contributed by atoms with Gasteiger partial charge >= 0.3 is 0 Å². The van der Waals surface area contributed by atoms with Crippen molar-refractivity contribution >= 4 is 17.2 Å². The second-order valence-corrected chi connectivity index (χ2v) is 6.30. The van der Waals surface area contributed by atoms with Crippen LogP contribution < -0.4 is 5.73 Å². The van der Waals surface area contributed by atoms with Crippen LogP contribution >= 0.6 is 11.3 Å². The molecule has 4 nitrogen and oxygen atoms in total. The molecule has 1 aromatic carbocycles. The first-order chi connectivity index (χ1) is 10.1. The van der Waals surface area contributed by atoms with Crippen molar-refractivity contribution in [1.29, 1.82) is 0 Å². The molecule has 2 aromatic rings. The van der Waals surface area contributed by atoms with Crippen molar-refractivity contribution in [3.8, 4) is 10.4 Å². The average molecular weight is 305 g/mol. The first kappa shape index (κ1) is 14.2. The summed E-state index contributed by atoms with van der Waals surface area (Å²) in [6, 6.07) is 6.35. The molecule has 0 radical (unpaired) electrons. The number of amides is 1. The topological polar surface area (TPSA) is 59.2 Å². The highest BCUT2D eigenvalue weighted by atomic mass is 32.1. The number of rotatable bonds is 3. The highest BCUT2D eigenvalue weighted by Crippen LogP contribution is 2.32. The molecule has 2 heterocycles. The summed E-state index contributed by atoms with van der Waals surface area (Å²) in [4.78, 5) is 19.4. The molecule has 21 heavy (non-hydrogen) atoms. The maximum Gasteiger partial charge on any atom is 0.274 e. The summed E-state index contributed by atoms with van der Waals surface area (Å²) in [5.41, 5.74) is 6.75. The van der Waals surface area contributed by atoms with Crippen LogP contribution in [0.15, 0.2) is 24.3 Å². The van der Waals surface area contributed by atoms with E-state index in [9.17, 15) is 9.18 Å². The summed E-state index contributed by atoms with van der Waals surface area (Å²) in [5, 5.41) is 0.794. The number of halogens is 1. The molecule has 1 saturated heterocycles. The quantitative estimate of drug-likeness (QED) is 0.947. The Morgan fingerprint density at radius 1 is 1.57 bits per heavy atom. The molecule has 0 unspecified atom stereocenters. The van der Waals surface area contributed by atoms with Crippen LogP contribution in [0.5, 0.6) is 0 Å². The summed E-state index contributed by atoms with van der Waals surface area (Å²) < 4.78 is 13.4. The van der Waals surface area contributed by atoms with Gasteiger partial charge in [0.1, 0.15) is 11.5 Å². The van der Waals surface area contributed by atoms with Gasteiger partial charge in [-0.1, -0.05) is 12.1 Å². The molecule has 1 aromatic heterocycles. The Labute approximate surface area is 126 Å². The number of aryl methyl sites for hydroxylation is 1. The maximum atomic E-state index is 13.4. The number of nitrogens with two attached hydrogens (primary N) is 1. The highest BCUT2D eigenvalue weighted by Gasteiger charge is 2.34. The highest BCUT2D eigenvalue weighted by molar-refractivity contribution is 7.15. The van der Waals surface area contributed by atoms with E-state index >= 15 is 0 Å². The molecule has 110 valence electrons. The van der Waals surface area contributed by atoms with Gasteiger partial charge in [-0.05, 0) is 31.0 Å². The van der Waals surface area contributed by atoms with E-state index in [2.05, 4.69) is 4.98 Å². The van der Waals surface area contributed by atoms with Gasteiger partial charge in [0.05, 0.1) is 9.88 Å². The molecule has 3 rings (SSSR count). The van der Waals surface area contributed by atoms with Crippen molar-refractivity contribution in [3.05, 3.63) is 40.8 Å². The third-order valence-electron chi connectivity index (χ3n) is 3.70. The summed E-state index contributed by atoms with van der Waals surface area (Å²) >= 11 is 1.41. The Bertz CT molecular complexity index is 683. The average Bonchev–Trinajstić information content (AvgIpc) is 2.80. The summed E-state index contributed by atoms with van der Waals surface area (Å²) in [6.45, 7) is 3.02. The van der Waals surface area contributed by atoms with Crippen LogP contribution in [0.4, 0.5) is 4.39 Å². The van der Waals surface area contributed by atoms with E-state index in [4.69, 9.17) is 5.73 Å². The lowest BCUT2D eigenvalue weighted by atomic mass is 10.0. The molecule has 1 aliphatic heterocycles. The van der Waals surface area contributed by atoms with E-state index in [0.29, 0.717) is 24.3 Å². The number of hydrogen-bond acceptors (Lipinski definition) is 4. The van der Waals surface area contributed by atoms with Gasteiger partial charge in [0.25, 0.3) is 5.91 Å². The summed E-state index contributed by atoms with van der Waals surface area (Å²) in [6.07, 6.45) is 0.931. The third-order valence-corrected chi connectivity index (χ3v) is 4.72. The summed E-state index contributed by atoms with van der Waals surface area (Å²) in [7, 11) is 0. The maximum absolute atomic E-state index is 13.4. The van der Waals surface area contributed by atoms with Gasteiger partial charge in [-0.25, -0.2) is 9.37 Å². The van der Waals surface area contributed by atoms with Gasteiger partial charge in [0, 0.05) is 19.1 Å². The fraction of sp³-hybridized carbons (Fsp3) is 0.333. The van der Waals surface area contributed by atoms with Crippen LogP contribution in [0.3, 0.4) is 0 Å². The van der Waals surface area contributed by atoms with Gasteiger partial charge in [-0.3, -0.25) is 4.79 Å². The lowest BCUT2D eigenvalue weighted by Gasteiger charge is -2.40. The predicted octanol–water partition coefficient (Wildman–Crippen LogP) is 2.43. The monoisotopic (exact) mass is 305 g/mol. The van der Waals surface area contributed by atoms with Crippen molar-refractivity contribution < 1.29 is 9.18 Å². The zero-order valence-electron chi connectivity index (χ0n) is 11.7. The first-order valence-electron chi connectivity index (χ1n) is 6.84. The fourth-order valence-corrected chi connectivity index (χ4v) is 3.39. The smallest absolute Gasteiger partial charge is 0.274 e. The standard InChI is InChI=1S/C15H16FN3OS/c1-9-18-13(15(20)19-6-5-12(19)8-17)14(21-9)10-3-2-4-11(16)7-10/h2-4,7,12H,5-6,8,17H2,1H3/t12-/m0/s1. The normalized spacial score (nSPS) is 17.7. The number of aromatic nitrogens is 1. The Morgan fingerprint density at radius 2 is 2.38 bits per heavy atom. The van der Waals surface area contributed by atoms with E-state index < -0.39 is 0 Å². The number of benzene rings is 1. The minimum absolute atomic E-state index is 0.0971. The van der Waals surface area contributed by atoms with Crippen molar-refractivity contribution in [2.24, 2.45) is 5.73 Å². The van der Waals surface area contributed by atoms with Crippen molar-refractivity contribution in [1.82, 2.24) is 9.88 Å². The molecule has 1 fully saturated rings. The summed E-state index contributed by atoms with van der Waals surface area (Å²) in [5.74, 6) is -0.430. The molecule has 0 bridgehead atoms. The Kier molecular flexibility index (Phi) is 3.73. The molecule has 0 saturated carbocycles. The van der Waals surface area contributed by atoms with Gasteiger partial charge in [0.15, 0.2) is 0 Å². The van der Waals surface area contributed by atoms with Crippen molar-refractivity contribution in [2.75, 3.05) is 13.1 Å². The van der Waals surface area contributed by atoms with Crippen molar-refractivity contribution in [2.45, 2.75) is 19.4 Å². The van der Waals surface area contributed by atoms with E-state index in [-0.39, 0.29) is 17.8 Å². The molecular formula is C15H16FN3OS. The molecular weight excluding hydrogens is 289 g/mol. The number of likely N-dealkylation sites (tertiary alicyclic amines) is 1. The second-order valence-electron chi connectivity index (χ2n) is 5.10. The predicted molar refractivity (Wildman–Crippen MR) is 80.7 cm³/mol. The Hall–Kier alpha value is -1.79. The van der Waals surface area contributed by atoms with Gasteiger partial charge in [-0.15, -0.1) is 11.3 Å². The van der Waals surface area contributed by atoms with Crippen LogP contribution in [0.1, 0.15) is 21.9 Å². The van der Waals surface area contributed by atoms with Gasteiger partial charge in [-0.2, -0.15) is 0 Å². The largest absolute Gasteiger partial charge is 0.333 e. The lowest BCUT2D eigenvalue weighted by Crippen LogP contribution is -2.54. The van der Waals surface area contributed by atoms with Gasteiger partial charge < -0.3 is 10.6 Å². The number of nitrogens with zero attached hydrogens (tertiary/aromatic N) is 2. The zero-order chi connectivity index (χ0) is 15.0. The van der Waals surface area contributed by atoms with E-state index in [1.165, 1.54) is 23.5 Å². The number of hydrogen-bond donors (Lipinski definition) is 1. The minimum Gasteiger partial charge on any atom is -0.333 e.